The number of carbonyl (C=O) groups is 2. The molecule has 2 rings (SSSR count). The van der Waals surface area contributed by atoms with Crippen molar-refractivity contribution in [3.63, 3.8) is 0 Å². The molecule has 156 valence electrons. The topological polar surface area (TPSA) is 94.6 Å². The third-order valence-corrected chi connectivity index (χ3v) is 4.57. The lowest BCUT2D eigenvalue weighted by molar-refractivity contribution is -0.122. The maximum Gasteiger partial charge on any atom is 0.226 e. The molecule has 7 nitrogen and oxygen atoms in total. The summed E-state index contributed by atoms with van der Waals surface area (Å²) in [6.07, 6.45) is 2.27. The maximum atomic E-state index is 12.1. The Morgan fingerprint density at radius 3 is 2.57 bits per heavy atom. The predicted molar refractivity (Wildman–Crippen MR) is 125 cm³/mol. The van der Waals surface area contributed by atoms with E-state index in [4.69, 9.17) is 11.6 Å². The molecule has 0 unspecified atom stereocenters. The Morgan fingerprint density at radius 2 is 1.89 bits per heavy atom. The first-order valence-corrected chi connectivity index (χ1v) is 9.74. The van der Waals surface area contributed by atoms with E-state index in [1.807, 2.05) is 19.9 Å². The molecule has 0 aliphatic heterocycles. The van der Waals surface area contributed by atoms with Gasteiger partial charge in [-0.2, -0.15) is 0 Å². The molecule has 4 N–H and O–H groups in total. The summed E-state index contributed by atoms with van der Waals surface area (Å²) in [5.41, 5.74) is 1.56. The number of guanidine groups is 1. The molecular formula is C19H29ClIN5O2. The molecular weight excluding hydrogens is 493 g/mol. The molecule has 28 heavy (non-hydrogen) atoms. The molecule has 9 heteroatoms. The van der Waals surface area contributed by atoms with Crippen LogP contribution in [0.1, 0.15) is 31.7 Å². The van der Waals surface area contributed by atoms with Crippen LogP contribution in [-0.2, 0) is 9.59 Å². The van der Waals surface area contributed by atoms with E-state index in [-0.39, 0.29) is 48.1 Å². The number of hydrogen-bond donors (Lipinski definition) is 4. The second kappa shape index (κ2) is 12.8. The standard InChI is InChI=1S/C19H28ClN5O2.HI/c1-3-21-19(24-12-11-22-18(27)14-7-8-14)23-10-9-17(26)25-16-6-4-5-15(20)13(16)2;/h4-6,14H,3,7-12H2,1-2H3,(H,22,27)(H,25,26)(H2,21,23,24);1H. The summed E-state index contributed by atoms with van der Waals surface area (Å²) in [5.74, 6) is 0.863. The van der Waals surface area contributed by atoms with E-state index in [0.717, 1.165) is 18.4 Å². The Bertz CT molecular complexity index is 695. The fourth-order valence-electron chi connectivity index (χ4n) is 2.42. The molecule has 1 saturated carbocycles. The van der Waals surface area contributed by atoms with E-state index in [0.29, 0.717) is 42.8 Å². The fourth-order valence-corrected chi connectivity index (χ4v) is 2.60. The highest BCUT2D eigenvalue weighted by atomic mass is 127. The average Bonchev–Trinajstić information content (AvgIpc) is 3.47. The molecule has 1 fully saturated rings. The van der Waals surface area contributed by atoms with Crippen molar-refractivity contribution in [3.05, 3.63) is 28.8 Å². The van der Waals surface area contributed by atoms with Crippen molar-refractivity contribution in [2.24, 2.45) is 10.9 Å². The molecule has 2 amide bonds. The van der Waals surface area contributed by atoms with Crippen LogP contribution in [0.5, 0.6) is 0 Å². The van der Waals surface area contributed by atoms with Gasteiger partial charge in [0, 0.05) is 42.7 Å². The first-order chi connectivity index (χ1) is 13.0. The second-order valence-corrected chi connectivity index (χ2v) is 6.87. The van der Waals surface area contributed by atoms with Crippen LogP contribution in [0.25, 0.3) is 0 Å². The number of rotatable bonds is 9. The number of aliphatic imine (C=N–C) groups is 1. The number of anilines is 1. The number of amides is 2. The first-order valence-electron chi connectivity index (χ1n) is 9.36. The minimum Gasteiger partial charge on any atom is -0.357 e. The van der Waals surface area contributed by atoms with Gasteiger partial charge in [-0.15, -0.1) is 24.0 Å². The smallest absolute Gasteiger partial charge is 0.226 e. The van der Waals surface area contributed by atoms with Gasteiger partial charge >= 0.3 is 0 Å². The van der Waals surface area contributed by atoms with Crippen LogP contribution in [0.4, 0.5) is 5.69 Å². The van der Waals surface area contributed by atoms with Gasteiger partial charge in [0.25, 0.3) is 0 Å². The molecule has 0 saturated heterocycles. The highest BCUT2D eigenvalue weighted by molar-refractivity contribution is 14.0. The second-order valence-electron chi connectivity index (χ2n) is 6.46. The molecule has 1 aliphatic carbocycles. The minimum atomic E-state index is -0.114. The van der Waals surface area contributed by atoms with Crippen LogP contribution in [0.3, 0.4) is 0 Å². The lowest BCUT2D eigenvalue weighted by Crippen LogP contribution is -2.41. The van der Waals surface area contributed by atoms with E-state index in [1.54, 1.807) is 12.1 Å². The highest BCUT2D eigenvalue weighted by Gasteiger charge is 2.28. The van der Waals surface area contributed by atoms with Crippen molar-refractivity contribution in [3.8, 4) is 0 Å². The van der Waals surface area contributed by atoms with Gasteiger partial charge in [0.2, 0.25) is 11.8 Å². The lowest BCUT2D eigenvalue weighted by Gasteiger charge is -2.12. The summed E-state index contributed by atoms with van der Waals surface area (Å²) >= 11 is 6.06. The number of carbonyl (C=O) groups excluding carboxylic acids is 2. The van der Waals surface area contributed by atoms with Gasteiger partial charge < -0.3 is 21.3 Å². The van der Waals surface area contributed by atoms with Crippen molar-refractivity contribution in [1.82, 2.24) is 16.0 Å². The minimum absolute atomic E-state index is 0. The number of hydrogen-bond acceptors (Lipinski definition) is 3. The summed E-state index contributed by atoms with van der Waals surface area (Å²) in [7, 11) is 0. The van der Waals surface area contributed by atoms with Crippen molar-refractivity contribution >= 4 is 59.0 Å². The zero-order chi connectivity index (χ0) is 19.6. The largest absolute Gasteiger partial charge is 0.357 e. The summed E-state index contributed by atoms with van der Waals surface area (Å²) in [5, 5.41) is 12.6. The molecule has 0 bridgehead atoms. The summed E-state index contributed by atoms with van der Waals surface area (Å²) in [4.78, 5) is 28.1. The van der Waals surface area contributed by atoms with E-state index < -0.39 is 0 Å². The lowest BCUT2D eigenvalue weighted by atomic mass is 10.2. The molecule has 0 spiro atoms. The first kappa shape index (κ1) is 24.5. The summed E-state index contributed by atoms with van der Waals surface area (Å²) in [6, 6.07) is 5.42. The zero-order valence-corrected chi connectivity index (χ0v) is 19.4. The zero-order valence-electron chi connectivity index (χ0n) is 16.3. The van der Waals surface area contributed by atoms with Crippen LogP contribution in [0.2, 0.25) is 5.02 Å². The van der Waals surface area contributed by atoms with Gasteiger partial charge in [0.05, 0.1) is 6.54 Å². The van der Waals surface area contributed by atoms with Crippen molar-refractivity contribution in [2.75, 3.05) is 31.5 Å². The summed E-state index contributed by atoms with van der Waals surface area (Å²) in [6.45, 7) is 6.04. The maximum absolute atomic E-state index is 12.1. The Balaban J connectivity index is 0.00000392. The van der Waals surface area contributed by atoms with Gasteiger partial charge in [-0.3, -0.25) is 14.6 Å². The third-order valence-electron chi connectivity index (χ3n) is 4.16. The number of nitrogens with zero attached hydrogens (tertiary/aromatic N) is 1. The Hall–Kier alpha value is -1.55. The average molecular weight is 522 g/mol. The van der Waals surface area contributed by atoms with E-state index >= 15 is 0 Å². The molecule has 1 aromatic rings. The van der Waals surface area contributed by atoms with Gasteiger partial charge in [0.15, 0.2) is 5.96 Å². The molecule has 0 radical (unpaired) electrons. The Kier molecular flexibility index (Phi) is 11.2. The monoisotopic (exact) mass is 521 g/mol. The van der Waals surface area contributed by atoms with Crippen molar-refractivity contribution < 1.29 is 9.59 Å². The Labute approximate surface area is 188 Å². The highest BCUT2D eigenvalue weighted by Crippen LogP contribution is 2.28. The van der Waals surface area contributed by atoms with Crippen LogP contribution in [0.15, 0.2) is 23.2 Å². The van der Waals surface area contributed by atoms with E-state index in [9.17, 15) is 9.59 Å². The SMILES string of the molecule is CCNC(=NCCC(=O)Nc1cccc(Cl)c1C)NCCNC(=O)C1CC1.I. The van der Waals surface area contributed by atoms with Crippen molar-refractivity contribution in [1.29, 1.82) is 0 Å². The third kappa shape index (κ3) is 8.64. The Morgan fingerprint density at radius 1 is 1.18 bits per heavy atom. The predicted octanol–water partition coefficient (Wildman–Crippen LogP) is 2.68. The van der Waals surface area contributed by atoms with Crippen LogP contribution >= 0.6 is 35.6 Å². The number of halogens is 2. The van der Waals surface area contributed by atoms with Gasteiger partial charge in [-0.25, -0.2) is 0 Å². The van der Waals surface area contributed by atoms with Gasteiger partial charge in [0.1, 0.15) is 0 Å². The molecule has 0 heterocycles. The van der Waals surface area contributed by atoms with E-state index in [1.165, 1.54) is 0 Å². The van der Waals surface area contributed by atoms with Crippen LogP contribution in [-0.4, -0.2) is 44.0 Å². The van der Waals surface area contributed by atoms with Gasteiger partial charge in [-0.05, 0) is 44.4 Å². The normalized spacial score (nSPS) is 13.3. The summed E-state index contributed by atoms with van der Waals surface area (Å²) < 4.78 is 0. The number of nitrogens with one attached hydrogen (secondary N) is 4. The molecule has 0 atom stereocenters. The van der Waals surface area contributed by atoms with Gasteiger partial charge in [-0.1, -0.05) is 17.7 Å². The van der Waals surface area contributed by atoms with Crippen LogP contribution < -0.4 is 21.3 Å². The molecule has 0 aromatic heterocycles. The van der Waals surface area contributed by atoms with Crippen LogP contribution in [0, 0.1) is 12.8 Å². The molecule has 1 aromatic carbocycles. The fraction of sp³-hybridized carbons (Fsp3) is 0.526. The number of benzene rings is 1. The molecule has 1 aliphatic rings. The van der Waals surface area contributed by atoms with Crippen molar-refractivity contribution in [2.45, 2.75) is 33.1 Å². The van der Waals surface area contributed by atoms with E-state index in [2.05, 4.69) is 26.3 Å². The quantitative estimate of drug-likeness (QED) is 0.174.